The first-order valence-electron chi connectivity index (χ1n) is 5.57. The van der Waals surface area contributed by atoms with Crippen LogP contribution in [0.25, 0.3) is 0 Å². The second kappa shape index (κ2) is 6.51. The Hall–Kier alpha value is 0.110. The Morgan fingerprint density at radius 3 is 2.44 bits per heavy atom. The molecule has 1 rings (SSSR count). The van der Waals surface area contributed by atoms with Crippen LogP contribution in [0.1, 0.15) is 26.3 Å². The molecule has 0 bridgehead atoms. The van der Waals surface area contributed by atoms with Gasteiger partial charge in [0, 0.05) is 15.3 Å². The fourth-order valence-electron chi connectivity index (χ4n) is 1.40. The molecule has 0 saturated heterocycles. The monoisotopic (exact) mass is 473 g/mol. The number of aliphatic imine (C=N–C) groups is 1. The standard InChI is InChI=1S/C13H17I2NO2/c1-13(2,3)11(7-17)16-6-8-4-9(14)5-10(15)12(8)18/h4-6,11,17-18H,7H2,1-3H3/b16-6+/t11-/m1/s1. The Bertz CT molecular complexity index is 453. The molecular weight excluding hydrogens is 456 g/mol. The lowest BCUT2D eigenvalue weighted by molar-refractivity contribution is 0.191. The molecule has 0 fully saturated rings. The van der Waals surface area contributed by atoms with E-state index in [1.807, 2.05) is 32.9 Å². The number of halogens is 2. The summed E-state index contributed by atoms with van der Waals surface area (Å²) in [5, 5.41) is 19.3. The third-order valence-corrected chi connectivity index (χ3v) is 4.07. The summed E-state index contributed by atoms with van der Waals surface area (Å²) in [6.07, 6.45) is 1.64. The molecule has 0 saturated carbocycles. The van der Waals surface area contributed by atoms with Crippen LogP contribution in [0, 0.1) is 12.6 Å². The Morgan fingerprint density at radius 2 is 1.94 bits per heavy atom. The minimum Gasteiger partial charge on any atom is -0.506 e. The van der Waals surface area contributed by atoms with Crippen molar-refractivity contribution in [3.05, 3.63) is 24.8 Å². The largest absolute Gasteiger partial charge is 0.506 e. The minimum absolute atomic E-state index is 0.00177. The lowest BCUT2D eigenvalue weighted by Crippen LogP contribution is -2.28. The number of benzene rings is 1. The van der Waals surface area contributed by atoms with Crippen molar-refractivity contribution in [2.24, 2.45) is 10.4 Å². The summed E-state index contributed by atoms with van der Waals surface area (Å²) < 4.78 is 1.85. The number of aliphatic hydroxyl groups excluding tert-OH is 1. The number of nitrogens with zero attached hydrogens (tertiary/aromatic N) is 1. The van der Waals surface area contributed by atoms with Crippen molar-refractivity contribution in [2.75, 3.05) is 6.61 Å². The maximum Gasteiger partial charge on any atom is 0.137 e. The van der Waals surface area contributed by atoms with Crippen LogP contribution in [0.15, 0.2) is 17.1 Å². The van der Waals surface area contributed by atoms with E-state index in [1.165, 1.54) is 0 Å². The first kappa shape index (κ1) is 16.2. The van der Waals surface area contributed by atoms with Crippen LogP contribution in [0.2, 0.25) is 0 Å². The van der Waals surface area contributed by atoms with E-state index >= 15 is 0 Å². The molecule has 3 nitrogen and oxygen atoms in total. The van der Waals surface area contributed by atoms with Crippen molar-refractivity contribution in [3.8, 4) is 5.75 Å². The van der Waals surface area contributed by atoms with Gasteiger partial charge in [-0.15, -0.1) is 0 Å². The SMILES string of the molecule is CC(C)(C)[C@@H](CO)/N=C/c1cc(I)cc(I)c1O. The maximum atomic E-state index is 9.95. The molecule has 0 aliphatic carbocycles. The molecule has 0 spiro atoms. The van der Waals surface area contributed by atoms with Crippen molar-refractivity contribution in [3.63, 3.8) is 0 Å². The van der Waals surface area contributed by atoms with Crippen LogP contribution in [-0.4, -0.2) is 29.1 Å². The van der Waals surface area contributed by atoms with E-state index < -0.39 is 0 Å². The molecule has 0 amide bonds. The van der Waals surface area contributed by atoms with E-state index in [2.05, 4.69) is 50.2 Å². The van der Waals surface area contributed by atoms with E-state index in [0.29, 0.717) is 5.56 Å². The Kier molecular flexibility index (Phi) is 5.85. The number of phenols is 1. The van der Waals surface area contributed by atoms with Crippen molar-refractivity contribution in [1.82, 2.24) is 0 Å². The van der Waals surface area contributed by atoms with E-state index in [9.17, 15) is 10.2 Å². The fourth-order valence-corrected chi connectivity index (χ4v) is 3.29. The molecule has 0 aliphatic rings. The number of aromatic hydroxyl groups is 1. The summed E-state index contributed by atoms with van der Waals surface area (Å²) in [5.41, 5.74) is 0.588. The van der Waals surface area contributed by atoms with Crippen molar-refractivity contribution in [1.29, 1.82) is 0 Å². The summed E-state index contributed by atoms with van der Waals surface area (Å²) in [6.45, 7) is 6.10. The number of hydrogen-bond donors (Lipinski definition) is 2. The molecule has 0 unspecified atom stereocenters. The predicted octanol–water partition coefficient (Wildman–Crippen LogP) is 3.43. The van der Waals surface area contributed by atoms with Crippen LogP contribution in [-0.2, 0) is 0 Å². The highest BCUT2D eigenvalue weighted by Gasteiger charge is 2.22. The molecule has 2 N–H and O–H groups in total. The average molecular weight is 473 g/mol. The van der Waals surface area contributed by atoms with Crippen LogP contribution in [0.4, 0.5) is 0 Å². The summed E-state index contributed by atoms with van der Waals surface area (Å²) in [7, 11) is 0. The Labute approximate surface area is 135 Å². The van der Waals surface area contributed by atoms with Gasteiger partial charge in [0.05, 0.1) is 16.2 Å². The van der Waals surface area contributed by atoms with E-state index in [4.69, 9.17) is 0 Å². The average Bonchev–Trinajstić information content (AvgIpc) is 2.23. The van der Waals surface area contributed by atoms with Crippen LogP contribution in [0.5, 0.6) is 5.75 Å². The molecule has 5 heteroatoms. The van der Waals surface area contributed by atoms with Gasteiger partial charge in [-0.1, -0.05) is 20.8 Å². The fraction of sp³-hybridized carbons (Fsp3) is 0.462. The maximum absolute atomic E-state index is 9.95. The van der Waals surface area contributed by atoms with Gasteiger partial charge < -0.3 is 10.2 Å². The van der Waals surface area contributed by atoms with Gasteiger partial charge in [0.25, 0.3) is 0 Å². The minimum atomic E-state index is -0.174. The molecule has 0 radical (unpaired) electrons. The Balaban J connectivity index is 3.04. The van der Waals surface area contributed by atoms with Crippen molar-refractivity contribution in [2.45, 2.75) is 26.8 Å². The van der Waals surface area contributed by atoms with Crippen molar-refractivity contribution < 1.29 is 10.2 Å². The topological polar surface area (TPSA) is 52.8 Å². The first-order valence-corrected chi connectivity index (χ1v) is 7.73. The van der Waals surface area contributed by atoms with E-state index in [1.54, 1.807) is 6.21 Å². The smallest absolute Gasteiger partial charge is 0.137 e. The lowest BCUT2D eigenvalue weighted by Gasteiger charge is -2.25. The molecular formula is C13H17I2NO2. The molecule has 1 aromatic rings. The molecule has 1 atom stereocenters. The molecule has 0 aromatic heterocycles. The zero-order valence-electron chi connectivity index (χ0n) is 10.6. The summed E-state index contributed by atoms with van der Waals surface area (Å²) in [6, 6.07) is 3.60. The normalized spacial score (nSPS) is 14.1. The molecule has 18 heavy (non-hydrogen) atoms. The number of phenolic OH excluding ortho intramolecular Hbond substituents is 1. The van der Waals surface area contributed by atoms with Gasteiger partial charge in [-0.3, -0.25) is 4.99 Å². The van der Waals surface area contributed by atoms with Gasteiger partial charge in [0.1, 0.15) is 5.75 Å². The zero-order chi connectivity index (χ0) is 13.9. The Morgan fingerprint density at radius 1 is 1.33 bits per heavy atom. The summed E-state index contributed by atoms with van der Waals surface area (Å²) >= 11 is 4.30. The predicted molar refractivity (Wildman–Crippen MR) is 91.5 cm³/mol. The number of rotatable bonds is 3. The molecule has 0 heterocycles. The van der Waals surface area contributed by atoms with Gasteiger partial charge >= 0.3 is 0 Å². The zero-order valence-corrected chi connectivity index (χ0v) is 14.9. The second-order valence-electron chi connectivity index (χ2n) is 5.17. The van der Waals surface area contributed by atoms with Gasteiger partial charge in [0.15, 0.2) is 0 Å². The van der Waals surface area contributed by atoms with Crippen LogP contribution >= 0.6 is 45.2 Å². The first-order chi connectivity index (χ1) is 8.25. The van der Waals surface area contributed by atoms with Crippen LogP contribution in [0.3, 0.4) is 0 Å². The number of aliphatic hydroxyl groups is 1. The summed E-state index contributed by atoms with van der Waals surface area (Å²) in [5.74, 6) is 0.241. The quantitative estimate of drug-likeness (QED) is 0.523. The number of hydrogen-bond acceptors (Lipinski definition) is 3. The third-order valence-electron chi connectivity index (χ3n) is 2.62. The molecule has 0 aliphatic heterocycles. The van der Waals surface area contributed by atoms with E-state index in [0.717, 1.165) is 7.14 Å². The van der Waals surface area contributed by atoms with Gasteiger partial charge in [-0.2, -0.15) is 0 Å². The highest BCUT2D eigenvalue weighted by Crippen LogP contribution is 2.27. The lowest BCUT2D eigenvalue weighted by atomic mass is 9.88. The highest BCUT2D eigenvalue weighted by molar-refractivity contribution is 14.1. The van der Waals surface area contributed by atoms with Gasteiger partial charge in [-0.05, 0) is 62.7 Å². The van der Waals surface area contributed by atoms with Gasteiger partial charge in [-0.25, -0.2) is 0 Å². The highest BCUT2D eigenvalue weighted by atomic mass is 127. The second-order valence-corrected chi connectivity index (χ2v) is 7.58. The summed E-state index contributed by atoms with van der Waals surface area (Å²) in [4.78, 5) is 4.39. The molecule has 100 valence electrons. The van der Waals surface area contributed by atoms with Gasteiger partial charge in [0.2, 0.25) is 0 Å². The van der Waals surface area contributed by atoms with E-state index in [-0.39, 0.29) is 23.8 Å². The molecule has 1 aromatic carbocycles. The third kappa shape index (κ3) is 4.34. The van der Waals surface area contributed by atoms with Crippen molar-refractivity contribution >= 4 is 51.4 Å². The van der Waals surface area contributed by atoms with Crippen LogP contribution < -0.4 is 0 Å².